The summed E-state index contributed by atoms with van der Waals surface area (Å²) in [6.07, 6.45) is 0.294. The summed E-state index contributed by atoms with van der Waals surface area (Å²) in [7, 11) is 0. The highest BCUT2D eigenvalue weighted by atomic mass is 19.1. The fourth-order valence-corrected chi connectivity index (χ4v) is 1.79. The van der Waals surface area contributed by atoms with Crippen LogP contribution < -0.4 is 11.1 Å². The van der Waals surface area contributed by atoms with Crippen LogP contribution >= 0.6 is 0 Å². The van der Waals surface area contributed by atoms with Crippen molar-refractivity contribution < 1.29 is 13.6 Å². The molecule has 0 unspecified atom stereocenters. The van der Waals surface area contributed by atoms with Gasteiger partial charge in [0.2, 0.25) is 5.91 Å². The minimum Gasteiger partial charge on any atom is -0.320 e. The van der Waals surface area contributed by atoms with Crippen molar-refractivity contribution in [1.29, 1.82) is 0 Å². The maximum atomic E-state index is 13.4. The zero-order chi connectivity index (χ0) is 14.5. The third-order valence-corrected chi connectivity index (χ3v) is 2.85. The summed E-state index contributed by atoms with van der Waals surface area (Å²) in [6, 6.07) is 11.7. The first-order valence-electron chi connectivity index (χ1n) is 6.12. The Morgan fingerprint density at radius 2 is 1.65 bits per heavy atom. The van der Waals surface area contributed by atoms with Crippen LogP contribution in [-0.4, -0.2) is 11.9 Å². The van der Waals surface area contributed by atoms with E-state index in [2.05, 4.69) is 5.32 Å². The summed E-state index contributed by atoms with van der Waals surface area (Å²) in [5, 5.41) is 2.18. The van der Waals surface area contributed by atoms with Gasteiger partial charge in [-0.3, -0.25) is 4.79 Å². The Bertz CT molecular complexity index is 582. The van der Waals surface area contributed by atoms with Gasteiger partial charge in [0.05, 0.1) is 6.04 Å². The van der Waals surface area contributed by atoms with Crippen molar-refractivity contribution in [2.24, 2.45) is 5.73 Å². The molecule has 0 aromatic heterocycles. The number of nitrogens with one attached hydrogen (secondary N) is 1. The third kappa shape index (κ3) is 3.39. The molecule has 0 radical (unpaired) electrons. The molecule has 0 saturated heterocycles. The van der Waals surface area contributed by atoms with Gasteiger partial charge in [0.1, 0.15) is 17.3 Å². The van der Waals surface area contributed by atoms with Crippen LogP contribution in [0.5, 0.6) is 0 Å². The van der Waals surface area contributed by atoms with Gasteiger partial charge >= 0.3 is 0 Å². The number of amides is 1. The molecule has 0 spiro atoms. The first kappa shape index (κ1) is 14.1. The first-order valence-corrected chi connectivity index (χ1v) is 6.12. The summed E-state index contributed by atoms with van der Waals surface area (Å²) in [5.74, 6) is -2.28. The van der Waals surface area contributed by atoms with E-state index in [9.17, 15) is 13.6 Å². The molecule has 5 heteroatoms. The summed E-state index contributed by atoms with van der Waals surface area (Å²) >= 11 is 0. The molecule has 0 aliphatic rings. The largest absolute Gasteiger partial charge is 0.320 e. The highest BCUT2D eigenvalue weighted by molar-refractivity contribution is 5.95. The topological polar surface area (TPSA) is 55.1 Å². The third-order valence-electron chi connectivity index (χ3n) is 2.85. The molecule has 0 aliphatic heterocycles. The van der Waals surface area contributed by atoms with Crippen molar-refractivity contribution in [3.8, 4) is 0 Å². The van der Waals surface area contributed by atoms with Crippen LogP contribution in [0.2, 0.25) is 0 Å². The lowest BCUT2D eigenvalue weighted by Crippen LogP contribution is -2.37. The van der Waals surface area contributed by atoms with Crippen molar-refractivity contribution in [2.75, 3.05) is 5.32 Å². The van der Waals surface area contributed by atoms with Gasteiger partial charge in [-0.05, 0) is 24.1 Å². The van der Waals surface area contributed by atoms with Crippen molar-refractivity contribution >= 4 is 11.6 Å². The Morgan fingerprint density at radius 1 is 1.05 bits per heavy atom. The Balaban J connectivity index is 2.05. The average molecular weight is 276 g/mol. The number of hydrogen-bond acceptors (Lipinski definition) is 2. The van der Waals surface area contributed by atoms with E-state index < -0.39 is 29.3 Å². The standard InChI is InChI=1S/C15H14F2N2O/c16-11-7-4-8-12(17)14(11)19-15(20)13(18)9-10-5-2-1-3-6-10/h1-8,13H,9,18H2,(H,19,20)/t13-/m0/s1. The minimum absolute atomic E-state index is 0.294. The molecule has 20 heavy (non-hydrogen) atoms. The van der Waals surface area contributed by atoms with Crippen LogP contribution in [0.25, 0.3) is 0 Å². The Labute approximate surface area is 115 Å². The van der Waals surface area contributed by atoms with Crippen molar-refractivity contribution in [1.82, 2.24) is 0 Å². The summed E-state index contributed by atoms with van der Waals surface area (Å²) in [6.45, 7) is 0. The lowest BCUT2D eigenvalue weighted by molar-refractivity contribution is -0.117. The second-order valence-electron chi connectivity index (χ2n) is 4.38. The second-order valence-corrected chi connectivity index (χ2v) is 4.38. The second kappa shape index (κ2) is 6.25. The lowest BCUT2D eigenvalue weighted by atomic mass is 10.1. The SMILES string of the molecule is N[C@@H](Cc1ccccc1)C(=O)Nc1c(F)cccc1F. The van der Waals surface area contributed by atoms with Gasteiger partial charge in [0.15, 0.2) is 0 Å². The number of nitrogens with two attached hydrogens (primary N) is 1. The molecule has 2 aromatic rings. The maximum absolute atomic E-state index is 13.4. The van der Waals surface area contributed by atoms with Gasteiger partial charge in [-0.25, -0.2) is 8.78 Å². The molecule has 104 valence electrons. The smallest absolute Gasteiger partial charge is 0.241 e. The molecule has 0 saturated carbocycles. The maximum Gasteiger partial charge on any atom is 0.241 e. The molecule has 3 N–H and O–H groups in total. The number of anilines is 1. The number of benzene rings is 2. The zero-order valence-electron chi connectivity index (χ0n) is 10.6. The number of para-hydroxylation sites is 1. The Kier molecular flexibility index (Phi) is 4.42. The zero-order valence-corrected chi connectivity index (χ0v) is 10.6. The number of carbonyl (C=O) groups excluding carboxylic acids is 1. The predicted molar refractivity (Wildman–Crippen MR) is 73.1 cm³/mol. The molecule has 1 atom stereocenters. The van der Waals surface area contributed by atoms with Crippen LogP contribution in [0, 0.1) is 11.6 Å². The molecule has 0 fully saturated rings. The van der Waals surface area contributed by atoms with Crippen molar-refractivity contribution in [3.05, 3.63) is 65.7 Å². The predicted octanol–water partition coefficient (Wildman–Crippen LogP) is 2.47. The molecule has 0 heterocycles. The quantitative estimate of drug-likeness (QED) is 0.901. The van der Waals surface area contributed by atoms with Gasteiger partial charge in [0, 0.05) is 0 Å². The van der Waals surface area contributed by atoms with Crippen molar-refractivity contribution in [2.45, 2.75) is 12.5 Å². The van der Waals surface area contributed by atoms with Gasteiger partial charge in [-0.2, -0.15) is 0 Å². The van der Waals surface area contributed by atoms with Crippen LogP contribution in [0.15, 0.2) is 48.5 Å². The number of halogens is 2. The fourth-order valence-electron chi connectivity index (χ4n) is 1.79. The van der Waals surface area contributed by atoms with Gasteiger partial charge in [-0.15, -0.1) is 0 Å². The number of hydrogen-bond donors (Lipinski definition) is 2. The summed E-state index contributed by atoms with van der Waals surface area (Å²) < 4.78 is 26.8. The first-order chi connectivity index (χ1) is 9.58. The molecular weight excluding hydrogens is 262 g/mol. The molecule has 3 nitrogen and oxygen atoms in total. The van der Waals surface area contributed by atoms with Gasteiger partial charge < -0.3 is 11.1 Å². The van der Waals surface area contributed by atoms with Crippen LogP contribution in [-0.2, 0) is 11.2 Å². The van der Waals surface area contributed by atoms with E-state index in [0.29, 0.717) is 6.42 Å². The molecule has 0 aliphatic carbocycles. The van der Waals surface area contributed by atoms with E-state index in [0.717, 1.165) is 17.7 Å². The molecule has 0 bridgehead atoms. The number of carbonyl (C=O) groups is 1. The van der Waals surface area contributed by atoms with Gasteiger partial charge in [-0.1, -0.05) is 36.4 Å². The van der Waals surface area contributed by atoms with Crippen molar-refractivity contribution in [3.63, 3.8) is 0 Å². The Hall–Kier alpha value is -2.27. The highest BCUT2D eigenvalue weighted by Crippen LogP contribution is 2.18. The number of rotatable bonds is 4. The van der Waals surface area contributed by atoms with E-state index in [4.69, 9.17) is 5.73 Å². The van der Waals surface area contributed by atoms with Crippen LogP contribution in [0.3, 0.4) is 0 Å². The van der Waals surface area contributed by atoms with Gasteiger partial charge in [0.25, 0.3) is 0 Å². The van der Waals surface area contributed by atoms with E-state index >= 15 is 0 Å². The van der Waals surface area contributed by atoms with Crippen LogP contribution in [0.1, 0.15) is 5.56 Å². The lowest BCUT2D eigenvalue weighted by Gasteiger charge is -2.13. The highest BCUT2D eigenvalue weighted by Gasteiger charge is 2.17. The average Bonchev–Trinajstić information content (AvgIpc) is 2.44. The monoisotopic (exact) mass is 276 g/mol. The fraction of sp³-hybridized carbons (Fsp3) is 0.133. The molecule has 2 aromatic carbocycles. The van der Waals surface area contributed by atoms with E-state index in [-0.39, 0.29) is 0 Å². The Morgan fingerprint density at radius 3 is 2.25 bits per heavy atom. The van der Waals surface area contributed by atoms with E-state index in [1.807, 2.05) is 30.3 Å². The summed E-state index contributed by atoms with van der Waals surface area (Å²) in [5.41, 5.74) is 6.15. The molecular formula is C15H14F2N2O. The van der Waals surface area contributed by atoms with Crippen LogP contribution in [0.4, 0.5) is 14.5 Å². The summed E-state index contributed by atoms with van der Waals surface area (Å²) in [4.78, 5) is 11.9. The normalized spacial score (nSPS) is 11.9. The minimum atomic E-state index is -0.878. The van der Waals surface area contributed by atoms with E-state index in [1.165, 1.54) is 6.07 Å². The van der Waals surface area contributed by atoms with E-state index in [1.54, 1.807) is 0 Å². The molecule has 1 amide bonds. The molecule has 2 rings (SSSR count).